The zero-order valence-corrected chi connectivity index (χ0v) is 17.1. The smallest absolute Gasteiger partial charge is 0.167 e. The summed E-state index contributed by atoms with van der Waals surface area (Å²) in [5, 5.41) is 0. The maximum atomic E-state index is 13.2. The van der Waals surface area contributed by atoms with E-state index in [-0.39, 0.29) is 24.1 Å². The van der Waals surface area contributed by atoms with Crippen molar-refractivity contribution >= 4 is 18.2 Å². The van der Waals surface area contributed by atoms with Gasteiger partial charge in [0.2, 0.25) is 0 Å². The van der Waals surface area contributed by atoms with Crippen molar-refractivity contribution in [1.29, 1.82) is 0 Å². The number of hydrogen-bond donors (Lipinski definition) is 0. The van der Waals surface area contributed by atoms with Crippen LogP contribution in [0.5, 0.6) is 11.5 Å². The molecule has 4 heteroatoms. The van der Waals surface area contributed by atoms with Crippen LogP contribution >= 0.6 is 12.4 Å². The molecule has 28 heavy (non-hydrogen) atoms. The molecule has 3 aromatic rings. The summed E-state index contributed by atoms with van der Waals surface area (Å²) < 4.78 is 5.89. The molecule has 0 saturated carbocycles. The molecule has 0 radical (unpaired) electrons. The Morgan fingerprint density at radius 2 is 1.46 bits per heavy atom. The van der Waals surface area contributed by atoms with E-state index >= 15 is 0 Å². The Kier molecular flexibility index (Phi) is 8.24. The van der Waals surface area contributed by atoms with Gasteiger partial charge >= 0.3 is 0 Å². The maximum absolute atomic E-state index is 13.2. The molecule has 0 spiro atoms. The van der Waals surface area contributed by atoms with Gasteiger partial charge in [0.05, 0.1) is 0 Å². The second kappa shape index (κ2) is 10.6. The van der Waals surface area contributed by atoms with Gasteiger partial charge in [-0.3, -0.25) is 4.79 Å². The van der Waals surface area contributed by atoms with Crippen molar-refractivity contribution in [3.05, 3.63) is 96.1 Å². The van der Waals surface area contributed by atoms with Crippen LogP contribution in [0.4, 0.5) is 0 Å². The van der Waals surface area contributed by atoms with Gasteiger partial charge in [-0.25, -0.2) is 0 Å². The van der Waals surface area contributed by atoms with Gasteiger partial charge in [0.25, 0.3) is 0 Å². The van der Waals surface area contributed by atoms with Gasteiger partial charge < -0.3 is 9.64 Å². The van der Waals surface area contributed by atoms with Crippen LogP contribution in [0.3, 0.4) is 0 Å². The Morgan fingerprint density at radius 1 is 0.857 bits per heavy atom. The number of benzene rings is 3. The maximum Gasteiger partial charge on any atom is 0.167 e. The second-order valence-corrected chi connectivity index (χ2v) is 6.96. The minimum Gasteiger partial charge on any atom is -0.457 e. The third-order valence-corrected chi connectivity index (χ3v) is 4.38. The van der Waals surface area contributed by atoms with Crippen LogP contribution in [-0.2, 0) is 6.42 Å². The molecule has 3 rings (SSSR count). The molecule has 0 fully saturated rings. The normalized spacial score (nSPS) is 11.5. The first-order chi connectivity index (χ1) is 13.1. The van der Waals surface area contributed by atoms with Crippen molar-refractivity contribution in [2.45, 2.75) is 6.42 Å². The van der Waals surface area contributed by atoms with Gasteiger partial charge in [0.15, 0.2) is 5.78 Å². The Bertz CT molecular complexity index is 866. The van der Waals surface area contributed by atoms with Crippen molar-refractivity contribution < 1.29 is 9.53 Å². The second-order valence-electron chi connectivity index (χ2n) is 6.96. The average Bonchev–Trinajstić information content (AvgIpc) is 2.68. The summed E-state index contributed by atoms with van der Waals surface area (Å²) in [6.07, 6.45) is 0.724. The highest BCUT2D eigenvalue weighted by Crippen LogP contribution is 2.24. The van der Waals surface area contributed by atoms with E-state index in [9.17, 15) is 4.79 Å². The predicted octanol–water partition coefficient (Wildman–Crippen LogP) is 5.50. The van der Waals surface area contributed by atoms with Crippen molar-refractivity contribution in [2.75, 3.05) is 20.6 Å². The Labute approximate surface area is 173 Å². The van der Waals surface area contributed by atoms with Gasteiger partial charge in [-0.2, -0.15) is 0 Å². The minimum absolute atomic E-state index is 0. The Balaban J connectivity index is 0.00000280. The molecule has 0 amide bonds. The summed E-state index contributed by atoms with van der Waals surface area (Å²) in [4.78, 5) is 15.3. The molecule has 0 aliphatic rings. The van der Waals surface area contributed by atoms with Gasteiger partial charge in [0, 0.05) is 18.0 Å². The van der Waals surface area contributed by atoms with Crippen molar-refractivity contribution in [3.8, 4) is 11.5 Å². The van der Waals surface area contributed by atoms with E-state index < -0.39 is 0 Å². The van der Waals surface area contributed by atoms with Crippen LogP contribution in [-0.4, -0.2) is 31.3 Å². The lowest BCUT2D eigenvalue weighted by Crippen LogP contribution is -2.29. The van der Waals surface area contributed by atoms with Crippen molar-refractivity contribution in [3.63, 3.8) is 0 Å². The quantitative estimate of drug-likeness (QED) is 0.471. The monoisotopic (exact) mass is 395 g/mol. The number of halogens is 1. The van der Waals surface area contributed by atoms with Gasteiger partial charge in [-0.15, -0.1) is 12.4 Å². The highest BCUT2D eigenvalue weighted by Gasteiger charge is 2.22. The lowest BCUT2D eigenvalue weighted by Gasteiger charge is -2.20. The van der Waals surface area contributed by atoms with Crippen LogP contribution < -0.4 is 4.74 Å². The molecule has 146 valence electrons. The summed E-state index contributed by atoms with van der Waals surface area (Å²) in [6, 6.07) is 27.2. The molecule has 0 aliphatic carbocycles. The molecule has 0 unspecified atom stereocenters. The van der Waals surface area contributed by atoms with Crippen molar-refractivity contribution in [1.82, 2.24) is 4.90 Å². The molecular formula is C24H26ClNO2. The van der Waals surface area contributed by atoms with Gasteiger partial charge in [-0.05, 0) is 50.3 Å². The number of Topliss-reactive ketones (excluding diaryl/α,β-unsaturated/α-hetero) is 1. The lowest BCUT2D eigenvalue weighted by atomic mass is 9.91. The molecule has 0 saturated heterocycles. The minimum atomic E-state index is -0.102. The molecule has 0 bridgehead atoms. The SMILES string of the molecule is CN(C)C[C@H](Cc1ccccc1)C(=O)c1cccc(Oc2ccccc2)c1.Cl. The molecule has 0 aromatic heterocycles. The first kappa shape index (κ1) is 21.7. The number of rotatable bonds is 8. The Hall–Kier alpha value is -2.62. The van der Waals surface area contributed by atoms with Crippen LogP contribution in [0, 0.1) is 5.92 Å². The van der Waals surface area contributed by atoms with E-state index in [0.29, 0.717) is 17.9 Å². The predicted molar refractivity (Wildman–Crippen MR) is 117 cm³/mol. The lowest BCUT2D eigenvalue weighted by molar-refractivity contribution is 0.0896. The van der Waals surface area contributed by atoms with E-state index in [1.807, 2.05) is 86.9 Å². The zero-order chi connectivity index (χ0) is 19.1. The van der Waals surface area contributed by atoms with Crippen LogP contribution in [0.1, 0.15) is 15.9 Å². The zero-order valence-electron chi connectivity index (χ0n) is 16.2. The van der Waals surface area contributed by atoms with Crippen LogP contribution in [0.2, 0.25) is 0 Å². The Morgan fingerprint density at radius 3 is 2.11 bits per heavy atom. The standard InChI is InChI=1S/C24H25NO2.ClH/c1-25(2)18-21(16-19-10-5-3-6-11-19)24(26)20-12-9-15-23(17-20)27-22-13-7-4-8-14-22;/h3-15,17,21H,16,18H2,1-2H3;1H/t21-;/m0./s1. The number of carbonyl (C=O) groups is 1. The highest BCUT2D eigenvalue weighted by atomic mass is 35.5. The molecular weight excluding hydrogens is 370 g/mol. The molecule has 0 N–H and O–H groups in total. The molecule has 0 aliphatic heterocycles. The largest absolute Gasteiger partial charge is 0.457 e. The van der Waals surface area contributed by atoms with Gasteiger partial charge in [0.1, 0.15) is 11.5 Å². The first-order valence-corrected chi connectivity index (χ1v) is 9.17. The summed E-state index contributed by atoms with van der Waals surface area (Å²) in [7, 11) is 4.00. The molecule has 0 heterocycles. The average molecular weight is 396 g/mol. The van der Waals surface area contributed by atoms with Gasteiger partial charge in [-0.1, -0.05) is 60.7 Å². The number of nitrogens with zero attached hydrogens (tertiary/aromatic N) is 1. The topological polar surface area (TPSA) is 29.5 Å². The van der Waals surface area contributed by atoms with E-state index in [4.69, 9.17) is 4.74 Å². The number of hydrogen-bond acceptors (Lipinski definition) is 3. The summed E-state index contributed by atoms with van der Waals surface area (Å²) in [5.74, 6) is 1.48. The first-order valence-electron chi connectivity index (χ1n) is 9.17. The fourth-order valence-electron chi connectivity index (χ4n) is 3.15. The number of ether oxygens (including phenoxy) is 1. The third-order valence-electron chi connectivity index (χ3n) is 4.38. The number of para-hydroxylation sites is 1. The van der Waals surface area contributed by atoms with E-state index in [2.05, 4.69) is 17.0 Å². The summed E-state index contributed by atoms with van der Waals surface area (Å²) in [6.45, 7) is 0.706. The summed E-state index contributed by atoms with van der Waals surface area (Å²) in [5.41, 5.74) is 1.86. The van der Waals surface area contributed by atoms with Crippen molar-refractivity contribution in [2.24, 2.45) is 5.92 Å². The number of carbonyl (C=O) groups excluding carboxylic acids is 1. The van der Waals surface area contributed by atoms with E-state index in [1.54, 1.807) is 0 Å². The van der Waals surface area contributed by atoms with Crippen LogP contribution in [0.25, 0.3) is 0 Å². The fourth-order valence-corrected chi connectivity index (χ4v) is 3.15. The highest BCUT2D eigenvalue weighted by molar-refractivity contribution is 5.98. The summed E-state index contributed by atoms with van der Waals surface area (Å²) >= 11 is 0. The van der Waals surface area contributed by atoms with Crippen LogP contribution in [0.15, 0.2) is 84.9 Å². The fraction of sp³-hybridized carbons (Fsp3) is 0.208. The molecule has 1 atom stereocenters. The molecule has 3 aromatic carbocycles. The van der Waals surface area contributed by atoms with E-state index in [1.165, 1.54) is 5.56 Å². The molecule has 3 nitrogen and oxygen atoms in total. The third kappa shape index (κ3) is 6.22. The van der Waals surface area contributed by atoms with E-state index in [0.717, 1.165) is 12.2 Å². The number of ketones is 1.